The number of benzene rings is 1. The van der Waals surface area contributed by atoms with Crippen molar-refractivity contribution >= 4 is 39.1 Å². The van der Waals surface area contributed by atoms with Crippen LogP contribution in [0.3, 0.4) is 0 Å². The molecule has 0 heterocycles. The lowest BCUT2D eigenvalue weighted by molar-refractivity contribution is 0.0600. The number of hydrogen-bond donors (Lipinski definition) is 0. The first kappa shape index (κ1) is 16.0. The van der Waals surface area contributed by atoms with Gasteiger partial charge in [-0.2, -0.15) is 4.40 Å². The molecule has 0 N–H and O–H groups in total. The van der Waals surface area contributed by atoms with Crippen molar-refractivity contribution in [1.82, 2.24) is 0 Å². The Labute approximate surface area is 124 Å². The van der Waals surface area contributed by atoms with Crippen LogP contribution in [0.5, 0.6) is 0 Å². The van der Waals surface area contributed by atoms with Gasteiger partial charge in [0.15, 0.2) is 0 Å². The van der Waals surface area contributed by atoms with Gasteiger partial charge >= 0.3 is 5.97 Å². The summed E-state index contributed by atoms with van der Waals surface area (Å²) in [4.78, 5) is 11.6. The second-order valence-corrected chi connectivity index (χ2v) is 7.67. The van der Waals surface area contributed by atoms with E-state index in [1.807, 2.05) is 20.8 Å². The van der Waals surface area contributed by atoms with E-state index in [1.165, 1.54) is 13.3 Å². The second kappa shape index (κ2) is 6.43. The summed E-state index contributed by atoms with van der Waals surface area (Å²) in [6.45, 7) is 5.51. The molecule has 0 radical (unpaired) electrons. The highest BCUT2D eigenvalue weighted by Gasteiger charge is 2.18. The topological polar surface area (TPSA) is 55.7 Å². The molecule has 1 rings (SSSR count). The fourth-order valence-corrected chi connectivity index (χ4v) is 2.10. The summed E-state index contributed by atoms with van der Waals surface area (Å²) in [7, 11) is -0.0478. The number of esters is 1. The Balaban J connectivity index is 3.13. The molecular weight excluding hydrogens is 330 g/mol. The van der Waals surface area contributed by atoms with Crippen LogP contribution < -0.4 is 0 Å². The fourth-order valence-electron chi connectivity index (χ4n) is 1.20. The Kier molecular flexibility index (Phi) is 5.43. The lowest BCUT2D eigenvalue weighted by Gasteiger charge is -2.13. The fraction of sp³-hybridized carbons (Fsp3) is 0.385. The standard InChI is InChI=1S/C13H16BrNO3S/c1-13(2,3)19(17)15-8-9-7-10(14)5-6-11(9)12(16)18-4/h5-8H,1-4H3/b15-8+. The molecular formula is C13H16BrNO3S. The number of rotatable bonds is 3. The van der Waals surface area contributed by atoms with Gasteiger partial charge in [0, 0.05) is 16.3 Å². The molecule has 1 atom stereocenters. The molecule has 0 saturated heterocycles. The molecule has 0 spiro atoms. The van der Waals surface area contributed by atoms with E-state index in [0.717, 1.165) is 4.47 Å². The molecule has 0 aliphatic heterocycles. The molecule has 0 aliphatic carbocycles. The van der Waals surface area contributed by atoms with Gasteiger partial charge in [0.1, 0.15) is 11.0 Å². The normalized spacial score (nSPS) is 13.5. The molecule has 0 aromatic heterocycles. The summed E-state index contributed by atoms with van der Waals surface area (Å²) in [5.41, 5.74) is 0.958. The van der Waals surface area contributed by atoms with Crippen LogP contribution in [0.4, 0.5) is 0 Å². The van der Waals surface area contributed by atoms with Gasteiger partial charge in [-0.05, 0) is 39.0 Å². The van der Waals surface area contributed by atoms with Gasteiger partial charge in [-0.3, -0.25) is 0 Å². The molecule has 0 amide bonds. The Hall–Kier alpha value is -1.01. The molecule has 4 nitrogen and oxygen atoms in total. The van der Waals surface area contributed by atoms with E-state index < -0.39 is 21.7 Å². The van der Waals surface area contributed by atoms with Crippen LogP contribution in [0.2, 0.25) is 0 Å². The zero-order chi connectivity index (χ0) is 14.6. The quantitative estimate of drug-likeness (QED) is 0.624. The number of halogens is 1. The minimum absolute atomic E-state index is 0.389. The van der Waals surface area contributed by atoms with E-state index in [0.29, 0.717) is 11.1 Å². The molecule has 104 valence electrons. The predicted molar refractivity (Wildman–Crippen MR) is 81.0 cm³/mol. The number of ether oxygens (including phenoxy) is 1. The first-order valence-corrected chi connectivity index (χ1v) is 7.49. The maximum absolute atomic E-state index is 11.9. The van der Waals surface area contributed by atoms with Crippen LogP contribution in [0.15, 0.2) is 27.1 Å². The minimum atomic E-state index is -1.37. The van der Waals surface area contributed by atoms with E-state index in [4.69, 9.17) is 4.74 Å². The average Bonchev–Trinajstić information content (AvgIpc) is 2.33. The Morgan fingerprint density at radius 1 is 1.42 bits per heavy atom. The van der Waals surface area contributed by atoms with Gasteiger partial charge in [-0.25, -0.2) is 9.00 Å². The summed E-state index contributed by atoms with van der Waals surface area (Å²) in [5, 5.41) is 0. The van der Waals surface area contributed by atoms with Crippen LogP contribution in [-0.2, 0) is 15.7 Å². The number of carbonyl (C=O) groups excluding carboxylic acids is 1. The Morgan fingerprint density at radius 3 is 2.58 bits per heavy atom. The van der Waals surface area contributed by atoms with Crippen molar-refractivity contribution in [3.05, 3.63) is 33.8 Å². The predicted octanol–water partition coefficient (Wildman–Crippen LogP) is 3.12. The summed E-state index contributed by atoms with van der Waals surface area (Å²) < 4.78 is 20.9. The van der Waals surface area contributed by atoms with E-state index in [2.05, 4.69) is 20.3 Å². The highest BCUT2D eigenvalue weighted by molar-refractivity contribution is 9.10. The zero-order valence-electron chi connectivity index (χ0n) is 11.3. The van der Waals surface area contributed by atoms with Gasteiger partial charge in [-0.1, -0.05) is 15.9 Å². The van der Waals surface area contributed by atoms with Crippen molar-refractivity contribution < 1.29 is 13.7 Å². The van der Waals surface area contributed by atoms with E-state index >= 15 is 0 Å². The third-order valence-electron chi connectivity index (χ3n) is 2.23. The molecule has 0 fully saturated rings. The average molecular weight is 346 g/mol. The summed E-state index contributed by atoms with van der Waals surface area (Å²) in [6.07, 6.45) is 1.44. The lowest BCUT2D eigenvalue weighted by atomic mass is 10.1. The van der Waals surface area contributed by atoms with Crippen molar-refractivity contribution in [1.29, 1.82) is 0 Å². The largest absolute Gasteiger partial charge is 0.465 e. The maximum atomic E-state index is 11.9. The van der Waals surface area contributed by atoms with E-state index in [1.54, 1.807) is 18.2 Å². The summed E-state index contributed by atoms with van der Waals surface area (Å²) in [5.74, 6) is -0.449. The van der Waals surface area contributed by atoms with Crippen LogP contribution >= 0.6 is 15.9 Å². The van der Waals surface area contributed by atoms with Crippen molar-refractivity contribution in [2.75, 3.05) is 7.11 Å². The van der Waals surface area contributed by atoms with Gasteiger partial charge in [0.2, 0.25) is 0 Å². The third-order valence-corrected chi connectivity index (χ3v) is 4.07. The van der Waals surface area contributed by atoms with Crippen LogP contribution in [0.1, 0.15) is 36.7 Å². The number of methoxy groups -OCH3 is 1. The first-order valence-electron chi connectivity index (χ1n) is 5.59. The molecule has 1 unspecified atom stereocenters. The van der Waals surface area contributed by atoms with Gasteiger partial charge in [0.25, 0.3) is 0 Å². The number of nitrogens with zero attached hydrogens (tertiary/aromatic N) is 1. The van der Waals surface area contributed by atoms with Crippen molar-refractivity contribution in [2.24, 2.45) is 4.40 Å². The van der Waals surface area contributed by atoms with E-state index in [9.17, 15) is 9.00 Å². The van der Waals surface area contributed by atoms with Gasteiger partial charge in [-0.15, -0.1) is 0 Å². The highest BCUT2D eigenvalue weighted by Crippen LogP contribution is 2.17. The van der Waals surface area contributed by atoms with Gasteiger partial charge < -0.3 is 4.74 Å². The third kappa shape index (κ3) is 4.54. The van der Waals surface area contributed by atoms with Crippen molar-refractivity contribution in [2.45, 2.75) is 25.5 Å². The molecule has 0 bridgehead atoms. The van der Waals surface area contributed by atoms with Crippen LogP contribution in [0.25, 0.3) is 0 Å². The lowest BCUT2D eigenvalue weighted by Crippen LogP contribution is -2.19. The number of hydrogen-bond acceptors (Lipinski definition) is 3. The van der Waals surface area contributed by atoms with Crippen LogP contribution in [-0.4, -0.2) is 28.2 Å². The number of carbonyl (C=O) groups is 1. The minimum Gasteiger partial charge on any atom is -0.465 e. The van der Waals surface area contributed by atoms with Gasteiger partial charge in [0.05, 0.1) is 17.4 Å². The SMILES string of the molecule is COC(=O)c1ccc(Br)cc1/C=N/S(=O)C(C)(C)C. The molecule has 1 aromatic carbocycles. The monoisotopic (exact) mass is 345 g/mol. The van der Waals surface area contributed by atoms with Crippen LogP contribution in [0, 0.1) is 0 Å². The smallest absolute Gasteiger partial charge is 0.338 e. The summed E-state index contributed by atoms with van der Waals surface area (Å²) in [6, 6.07) is 5.11. The maximum Gasteiger partial charge on any atom is 0.338 e. The molecule has 0 aliphatic rings. The molecule has 1 aromatic rings. The van der Waals surface area contributed by atoms with Crippen molar-refractivity contribution in [3.8, 4) is 0 Å². The first-order chi connectivity index (χ1) is 8.75. The van der Waals surface area contributed by atoms with Crippen molar-refractivity contribution in [3.63, 3.8) is 0 Å². The zero-order valence-corrected chi connectivity index (χ0v) is 13.7. The Bertz CT molecular complexity index is 535. The van der Waals surface area contributed by atoms with E-state index in [-0.39, 0.29) is 0 Å². The molecule has 6 heteroatoms. The second-order valence-electron chi connectivity index (χ2n) is 4.82. The molecule has 19 heavy (non-hydrogen) atoms. The summed E-state index contributed by atoms with van der Waals surface area (Å²) >= 11 is 3.32. The Morgan fingerprint density at radius 2 is 2.05 bits per heavy atom. The highest BCUT2D eigenvalue weighted by atomic mass is 79.9. The molecule has 0 saturated carbocycles.